The molecule has 7 heteroatoms. The van der Waals surface area contributed by atoms with E-state index in [-0.39, 0.29) is 12.3 Å². The Morgan fingerprint density at radius 3 is 2.02 bits per heavy atom. The van der Waals surface area contributed by atoms with Gasteiger partial charge >= 0.3 is 0 Å². The Hall–Kier alpha value is -5.95. The van der Waals surface area contributed by atoms with Gasteiger partial charge in [0.1, 0.15) is 18.0 Å². The lowest BCUT2D eigenvalue weighted by Crippen LogP contribution is -2.43. The Kier molecular flexibility index (Phi) is 8.25. The number of benzene rings is 5. The van der Waals surface area contributed by atoms with Crippen LogP contribution in [-0.4, -0.2) is 35.2 Å². The zero-order chi connectivity index (χ0) is 34.2. The maximum absolute atomic E-state index is 5.37. The predicted molar refractivity (Wildman–Crippen MR) is 206 cm³/mol. The normalized spacial score (nSPS) is 16.9. The number of hydrogen-bond donors (Lipinski definition) is 0. The van der Waals surface area contributed by atoms with E-state index in [1.165, 1.54) is 22.4 Å². The van der Waals surface area contributed by atoms with Crippen molar-refractivity contribution in [1.82, 2.24) is 9.97 Å². The second kappa shape index (κ2) is 13.2. The van der Waals surface area contributed by atoms with Crippen LogP contribution in [0.2, 0.25) is 0 Å². The highest BCUT2D eigenvalue weighted by Gasteiger charge is 2.38. The van der Waals surface area contributed by atoms with E-state index in [0.29, 0.717) is 0 Å². The topological polar surface area (TPSA) is 51.1 Å². The molecule has 0 spiro atoms. The van der Waals surface area contributed by atoms with E-state index in [4.69, 9.17) is 15.1 Å². The summed E-state index contributed by atoms with van der Waals surface area (Å²) in [7, 11) is 2.12. The lowest BCUT2D eigenvalue weighted by molar-refractivity contribution is 0.602. The van der Waals surface area contributed by atoms with Crippen LogP contribution in [0.4, 0.5) is 28.6 Å². The van der Waals surface area contributed by atoms with Crippen LogP contribution in [0.25, 0.3) is 11.4 Å². The van der Waals surface area contributed by atoms with Gasteiger partial charge in [0.15, 0.2) is 17.5 Å². The third-order valence-corrected chi connectivity index (χ3v) is 10.0. The maximum atomic E-state index is 5.37. The van der Waals surface area contributed by atoms with Crippen molar-refractivity contribution >= 4 is 34.4 Å². The number of rotatable bonds is 8. The molecule has 0 radical (unpaired) electrons. The number of aromatic nitrogens is 2. The van der Waals surface area contributed by atoms with Crippen LogP contribution in [0.3, 0.4) is 0 Å². The fraction of sp³-hybridized carbons (Fsp3) is 0.186. The van der Waals surface area contributed by atoms with Crippen LogP contribution >= 0.6 is 0 Å². The molecule has 50 heavy (non-hydrogen) atoms. The van der Waals surface area contributed by atoms with Gasteiger partial charge in [-0.05, 0) is 74.6 Å². The summed E-state index contributed by atoms with van der Waals surface area (Å²) in [6, 6.07) is 46.8. The fourth-order valence-corrected chi connectivity index (χ4v) is 7.29. The van der Waals surface area contributed by atoms with Gasteiger partial charge in [0.2, 0.25) is 0 Å². The molecular formula is C43H41N7. The van der Waals surface area contributed by atoms with Crippen molar-refractivity contribution in [2.75, 3.05) is 26.8 Å². The minimum atomic E-state index is -0.0484. The first-order chi connectivity index (χ1) is 24.5. The van der Waals surface area contributed by atoms with Crippen molar-refractivity contribution in [3.63, 3.8) is 0 Å². The largest absolute Gasteiger partial charge is 0.337 e. The molecule has 0 amide bonds. The number of amidine groups is 1. The molecular weight excluding hydrogens is 615 g/mol. The third-order valence-electron chi connectivity index (χ3n) is 10.0. The van der Waals surface area contributed by atoms with E-state index in [2.05, 4.69) is 175 Å². The molecule has 7 nitrogen and oxygen atoms in total. The molecule has 248 valence electrons. The van der Waals surface area contributed by atoms with Gasteiger partial charge in [-0.2, -0.15) is 5.10 Å². The molecule has 8 rings (SSSR count). The maximum Gasteiger partial charge on any atom is 0.162 e. The molecule has 6 aromatic rings. The number of anilines is 5. The van der Waals surface area contributed by atoms with Crippen LogP contribution in [0, 0.1) is 13.8 Å². The Bertz CT molecular complexity index is 2160. The number of hydrazone groups is 1. The first-order valence-corrected chi connectivity index (χ1v) is 17.4. The summed E-state index contributed by atoms with van der Waals surface area (Å²) in [5, 5.41) is 7.61. The van der Waals surface area contributed by atoms with Crippen LogP contribution < -0.4 is 19.7 Å². The summed E-state index contributed by atoms with van der Waals surface area (Å²) >= 11 is 0. The highest BCUT2D eigenvalue weighted by atomic mass is 15.6. The van der Waals surface area contributed by atoms with E-state index in [1.54, 1.807) is 0 Å². The van der Waals surface area contributed by atoms with Crippen molar-refractivity contribution in [2.24, 2.45) is 5.10 Å². The minimum Gasteiger partial charge on any atom is -0.337 e. The molecule has 0 bridgehead atoms. The molecule has 1 aromatic heterocycles. The molecule has 2 aliphatic heterocycles. The van der Waals surface area contributed by atoms with Gasteiger partial charge in [0, 0.05) is 29.5 Å². The molecule has 2 unspecified atom stereocenters. The molecule has 0 aliphatic carbocycles. The van der Waals surface area contributed by atoms with E-state index in [1.807, 2.05) is 12.3 Å². The van der Waals surface area contributed by atoms with Gasteiger partial charge in [-0.1, -0.05) is 109 Å². The van der Waals surface area contributed by atoms with Crippen molar-refractivity contribution in [1.29, 1.82) is 0 Å². The quantitative estimate of drug-likeness (QED) is 0.163. The molecule has 2 aliphatic rings. The standard InChI is InChI=1S/C43H41N7/c1-30-17-11-14-24-36(30)41-44-29-39-43(45-41)47(4)32(3)48(39)38-26-16-13-19-33(38)27-28-40-49(35-22-9-6-10-23-35)42(34-20-7-5-8-21-34)46-50(40)37-25-15-12-18-31(37)2/h5-26,29,32,40H,27-28H2,1-4H3. The Labute approximate surface area is 294 Å². The Balaban J connectivity index is 1.17. The van der Waals surface area contributed by atoms with Gasteiger partial charge in [-0.15, -0.1) is 0 Å². The zero-order valence-electron chi connectivity index (χ0n) is 29.0. The van der Waals surface area contributed by atoms with Crippen LogP contribution in [0.1, 0.15) is 35.6 Å². The number of fused-ring (bicyclic) bond motifs is 1. The van der Waals surface area contributed by atoms with Crippen LogP contribution in [0.5, 0.6) is 0 Å². The van der Waals surface area contributed by atoms with E-state index in [0.717, 1.165) is 58.5 Å². The fourth-order valence-electron chi connectivity index (χ4n) is 7.29. The summed E-state index contributed by atoms with van der Waals surface area (Å²) in [6.07, 6.45) is 3.70. The highest BCUT2D eigenvalue weighted by molar-refractivity contribution is 6.12. The molecule has 0 saturated heterocycles. The number of para-hydroxylation sites is 3. The summed E-state index contributed by atoms with van der Waals surface area (Å²) in [6.45, 7) is 6.51. The van der Waals surface area contributed by atoms with Crippen molar-refractivity contribution in [3.8, 4) is 11.4 Å². The van der Waals surface area contributed by atoms with E-state index >= 15 is 0 Å². The van der Waals surface area contributed by atoms with Crippen molar-refractivity contribution in [2.45, 2.75) is 45.9 Å². The molecule has 0 N–H and O–H groups in total. The van der Waals surface area contributed by atoms with Gasteiger partial charge < -0.3 is 14.7 Å². The van der Waals surface area contributed by atoms with Gasteiger partial charge in [-0.3, -0.25) is 0 Å². The SMILES string of the molecule is Cc1ccccc1-c1ncc2c(n1)N(C)C(C)N2c1ccccc1CCC1N(c2ccccc2C)N=C(c2ccccc2)N1c1ccccc1. The average Bonchev–Trinajstić information content (AvgIpc) is 3.66. The first kappa shape index (κ1) is 31.3. The smallest absolute Gasteiger partial charge is 0.162 e. The summed E-state index contributed by atoms with van der Waals surface area (Å²) in [4.78, 5) is 17.0. The molecule has 0 saturated carbocycles. The average molecular weight is 656 g/mol. The summed E-state index contributed by atoms with van der Waals surface area (Å²) in [5.41, 5.74) is 10.2. The van der Waals surface area contributed by atoms with Gasteiger partial charge in [0.25, 0.3) is 0 Å². The summed E-state index contributed by atoms with van der Waals surface area (Å²) < 4.78 is 0. The highest BCUT2D eigenvalue weighted by Crippen LogP contribution is 2.44. The van der Waals surface area contributed by atoms with Crippen molar-refractivity contribution < 1.29 is 0 Å². The zero-order valence-corrected chi connectivity index (χ0v) is 29.0. The lowest BCUT2D eigenvalue weighted by Gasteiger charge is -2.33. The molecule has 0 fully saturated rings. The van der Waals surface area contributed by atoms with E-state index in [9.17, 15) is 0 Å². The Morgan fingerprint density at radius 2 is 1.28 bits per heavy atom. The first-order valence-electron chi connectivity index (χ1n) is 17.4. The number of aryl methyl sites for hydroxylation is 3. The van der Waals surface area contributed by atoms with Gasteiger partial charge in [0.05, 0.1) is 11.9 Å². The van der Waals surface area contributed by atoms with E-state index < -0.39 is 0 Å². The monoisotopic (exact) mass is 655 g/mol. The molecule has 5 aromatic carbocycles. The minimum absolute atomic E-state index is 0.0484. The second-order valence-corrected chi connectivity index (χ2v) is 13.1. The number of hydrogen-bond acceptors (Lipinski definition) is 7. The third kappa shape index (κ3) is 5.54. The lowest BCUT2D eigenvalue weighted by atomic mass is 10.0. The van der Waals surface area contributed by atoms with Gasteiger partial charge in [-0.25, -0.2) is 15.0 Å². The second-order valence-electron chi connectivity index (χ2n) is 13.1. The predicted octanol–water partition coefficient (Wildman–Crippen LogP) is 9.34. The Morgan fingerprint density at radius 1 is 0.640 bits per heavy atom. The van der Waals surface area contributed by atoms with Crippen molar-refractivity contribution in [3.05, 3.63) is 162 Å². The van der Waals surface area contributed by atoms with Crippen LogP contribution in [0.15, 0.2) is 145 Å². The summed E-state index contributed by atoms with van der Waals surface area (Å²) in [5.74, 6) is 2.64. The number of nitrogens with zero attached hydrogens (tertiary/aromatic N) is 7. The molecule has 2 atom stereocenters. The molecule has 3 heterocycles. The van der Waals surface area contributed by atoms with Crippen LogP contribution in [-0.2, 0) is 6.42 Å².